The molecule has 0 aliphatic carbocycles. The summed E-state index contributed by atoms with van der Waals surface area (Å²) in [5, 5.41) is 3.31. The summed E-state index contributed by atoms with van der Waals surface area (Å²) in [7, 11) is 3.24. The van der Waals surface area contributed by atoms with Crippen molar-refractivity contribution in [3.05, 3.63) is 18.0 Å². The van der Waals surface area contributed by atoms with Crippen LogP contribution in [0.25, 0.3) is 0 Å². The van der Waals surface area contributed by atoms with E-state index in [9.17, 15) is 0 Å². The van der Waals surface area contributed by atoms with Crippen LogP contribution < -0.4 is 14.8 Å². The quantitative estimate of drug-likeness (QED) is 0.857. The molecular formula is C13H20N2O3. The average molecular weight is 252 g/mol. The summed E-state index contributed by atoms with van der Waals surface area (Å²) >= 11 is 0. The topological polar surface area (TPSA) is 52.6 Å². The molecule has 0 radical (unpaired) electrons. The molecule has 5 heteroatoms. The summed E-state index contributed by atoms with van der Waals surface area (Å²) in [6.45, 7) is 2.51. The smallest absolute Gasteiger partial charge is 0.184 e. The van der Waals surface area contributed by atoms with E-state index in [1.807, 2.05) is 0 Å². The van der Waals surface area contributed by atoms with E-state index < -0.39 is 0 Å². The van der Waals surface area contributed by atoms with E-state index in [0.717, 1.165) is 31.6 Å². The Morgan fingerprint density at radius 3 is 2.72 bits per heavy atom. The lowest BCUT2D eigenvalue weighted by Crippen LogP contribution is -2.32. The van der Waals surface area contributed by atoms with E-state index in [0.29, 0.717) is 24.2 Å². The molecule has 1 aliphatic heterocycles. The van der Waals surface area contributed by atoms with Crippen LogP contribution in [-0.2, 0) is 11.3 Å². The molecule has 0 aromatic carbocycles. The maximum Gasteiger partial charge on any atom is 0.184 e. The first-order valence-electron chi connectivity index (χ1n) is 6.23. The van der Waals surface area contributed by atoms with E-state index in [4.69, 9.17) is 14.2 Å². The number of methoxy groups -OCH3 is 2. The van der Waals surface area contributed by atoms with Gasteiger partial charge in [0.2, 0.25) is 0 Å². The highest BCUT2D eigenvalue weighted by molar-refractivity contribution is 5.42. The van der Waals surface area contributed by atoms with Gasteiger partial charge in [-0.05, 0) is 25.9 Å². The van der Waals surface area contributed by atoms with Crippen LogP contribution in [-0.4, -0.2) is 38.4 Å². The Labute approximate surface area is 107 Å². The lowest BCUT2D eigenvalue weighted by Gasteiger charge is -2.23. The van der Waals surface area contributed by atoms with Crippen LogP contribution in [0.3, 0.4) is 0 Å². The zero-order valence-corrected chi connectivity index (χ0v) is 10.9. The molecule has 2 rings (SSSR count). The van der Waals surface area contributed by atoms with Gasteiger partial charge in [-0.1, -0.05) is 0 Å². The number of nitrogens with one attached hydrogen (secondary N) is 1. The van der Waals surface area contributed by atoms with Crippen LogP contribution in [0.15, 0.2) is 12.3 Å². The van der Waals surface area contributed by atoms with Gasteiger partial charge in [-0.25, -0.2) is 0 Å². The summed E-state index contributed by atoms with van der Waals surface area (Å²) < 4.78 is 16.4. The maximum atomic E-state index is 5.87. The number of aromatic nitrogens is 1. The SMILES string of the molecule is COc1ccnc(COC2CCNCC2)c1OC. The molecule has 1 saturated heterocycles. The number of piperidine rings is 1. The van der Waals surface area contributed by atoms with Crippen molar-refractivity contribution >= 4 is 0 Å². The molecule has 1 aromatic rings. The fourth-order valence-corrected chi connectivity index (χ4v) is 2.11. The van der Waals surface area contributed by atoms with Crippen LogP contribution in [0.4, 0.5) is 0 Å². The molecular weight excluding hydrogens is 232 g/mol. The summed E-state index contributed by atoms with van der Waals surface area (Å²) in [6, 6.07) is 1.78. The Bertz CT molecular complexity index is 378. The third-order valence-electron chi connectivity index (χ3n) is 3.11. The molecule has 2 heterocycles. The molecule has 5 nitrogen and oxygen atoms in total. The highest BCUT2D eigenvalue weighted by atomic mass is 16.5. The minimum absolute atomic E-state index is 0.309. The number of nitrogens with zero attached hydrogens (tertiary/aromatic N) is 1. The van der Waals surface area contributed by atoms with Gasteiger partial charge < -0.3 is 19.5 Å². The molecule has 0 saturated carbocycles. The molecule has 0 spiro atoms. The lowest BCUT2D eigenvalue weighted by atomic mass is 10.1. The molecule has 0 unspecified atom stereocenters. The average Bonchev–Trinajstić information content (AvgIpc) is 2.45. The number of ether oxygens (including phenoxy) is 3. The summed E-state index contributed by atoms with van der Waals surface area (Å²) in [5.41, 5.74) is 0.787. The maximum absolute atomic E-state index is 5.87. The van der Waals surface area contributed by atoms with Crippen molar-refractivity contribution in [3.63, 3.8) is 0 Å². The normalized spacial score (nSPS) is 16.6. The van der Waals surface area contributed by atoms with Crippen molar-refractivity contribution in [2.75, 3.05) is 27.3 Å². The molecule has 0 amide bonds. The van der Waals surface area contributed by atoms with Gasteiger partial charge in [-0.15, -0.1) is 0 Å². The fraction of sp³-hybridized carbons (Fsp3) is 0.615. The molecule has 1 aliphatic rings. The lowest BCUT2D eigenvalue weighted by molar-refractivity contribution is 0.0185. The van der Waals surface area contributed by atoms with Gasteiger partial charge in [0.25, 0.3) is 0 Å². The predicted molar refractivity (Wildman–Crippen MR) is 68.0 cm³/mol. The number of hydrogen-bond acceptors (Lipinski definition) is 5. The summed E-state index contributed by atoms with van der Waals surface area (Å²) in [6.07, 6.45) is 4.12. The molecule has 1 N–H and O–H groups in total. The minimum atomic E-state index is 0.309. The molecule has 0 bridgehead atoms. The Balaban J connectivity index is 1.99. The van der Waals surface area contributed by atoms with E-state index in [1.165, 1.54) is 0 Å². The monoisotopic (exact) mass is 252 g/mol. The van der Waals surface area contributed by atoms with E-state index in [1.54, 1.807) is 26.5 Å². The zero-order chi connectivity index (χ0) is 12.8. The first-order chi connectivity index (χ1) is 8.85. The first-order valence-corrected chi connectivity index (χ1v) is 6.23. The predicted octanol–water partition coefficient (Wildman–Crippen LogP) is 1.37. The Morgan fingerprint density at radius 1 is 1.28 bits per heavy atom. The van der Waals surface area contributed by atoms with E-state index in [-0.39, 0.29) is 0 Å². The summed E-state index contributed by atoms with van der Waals surface area (Å²) in [4.78, 5) is 4.30. The molecule has 1 aromatic heterocycles. The van der Waals surface area contributed by atoms with Gasteiger partial charge in [0.1, 0.15) is 5.69 Å². The van der Waals surface area contributed by atoms with E-state index in [2.05, 4.69) is 10.3 Å². The van der Waals surface area contributed by atoms with Gasteiger partial charge in [0.05, 0.1) is 26.9 Å². The van der Waals surface area contributed by atoms with Crippen LogP contribution >= 0.6 is 0 Å². The van der Waals surface area contributed by atoms with Crippen molar-refractivity contribution in [1.82, 2.24) is 10.3 Å². The Morgan fingerprint density at radius 2 is 2.06 bits per heavy atom. The molecule has 1 fully saturated rings. The third-order valence-corrected chi connectivity index (χ3v) is 3.11. The van der Waals surface area contributed by atoms with Crippen LogP contribution in [0, 0.1) is 0 Å². The van der Waals surface area contributed by atoms with E-state index >= 15 is 0 Å². The number of hydrogen-bond donors (Lipinski definition) is 1. The van der Waals surface area contributed by atoms with Crippen LogP contribution in [0.5, 0.6) is 11.5 Å². The number of rotatable bonds is 5. The molecule has 100 valence electrons. The first kappa shape index (κ1) is 13.1. The van der Waals surface area contributed by atoms with Crippen molar-refractivity contribution < 1.29 is 14.2 Å². The van der Waals surface area contributed by atoms with Crippen molar-refractivity contribution in [2.45, 2.75) is 25.6 Å². The highest BCUT2D eigenvalue weighted by Gasteiger charge is 2.16. The second-order valence-corrected chi connectivity index (χ2v) is 4.25. The van der Waals surface area contributed by atoms with Crippen molar-refractivity contribution in [3.8, 4) is 11.5 Å². The third kappa shape index (κ3) is 3.11. The zero-order valence-electron chi connectivity index (χ0n) is 10.9. The van der Waals surface area contributed by atoms with Crippen molar-refractivity contribution in [1.29, 1.82) is 0 Å². The van der Waals surface area contributed by atoms with Crippen molar-refractivity contribution in [2.24, 2.45) is 0 Å². The van der Waals surface area contributed by atoms with Gasteiger partial charge in [0, 0.05) is 12.3 Å². The highest BCUT2D eigenvalue weighted by Crippen LogP contribution is 2.29. The molecule has 0 atom stereocenters. The standard InChI is InChI=1S/C13H20N2O3/c1-16-12-5-8-15-11(13(12)17-2)9-18-10-3-6-14-7-4-10/h5,8,10,14H,3-4,6-7,9H2,1-2H3. The van der Waals surface area contributed by atoms with Gasteiger partial charge in [-0.2, -0.15) is 0 Å². The molecule has 18 heavy (non-hydrogen) atoms. The number of pyridine rings is 1. The Kier molecular flexibility index (Phi) is 4.78. The summed E-state index contributed by atoms with van der Waals surface area (Å²) in [5.74, 6) is 1.35. The minimum Gasteiger partial charge on any atom is -0.493 e. The second kappa shape index (κ2) is 6.56. The largest absolute Gasteiger partial charge is 0.493 e. The fourth-order valence-electron chi connectivity index (χ4n) is 2.11. The van der Waals surface area contributed by atoms with Crippen LogP contribution in [0.2, 0.25) is 0 Å². The van der Waals surface area contributed by atoms with Gasteiger partial charge in [0.15, 0.2) is 11.5 Å². The second-order valence-electron chi connectivity index (χ2n) is 4.25. The Hall–Kier alpha value is -1.33. The van der Waals surface area contributed by atoms with Crippen LogP contribution in [0.1, 0.15) is 18.5 Å². The van der Waals surface area contributed by atoms with Gasteiger partial charge >= 0.3 is 0 Å². The van der Waals surface area contributed by atoms with Gasteiger partial charge in [-0.3, -0.25) is 4.98 Å².